The summed E-state index contributed by atoms with van der Waals surface area (Å²) in [5.41, 5.74) is 0.335. The number of aromatic nitrogens is 2. The lowest BCUT2D eigenvalue weighted by atomic mass is 10.0. The van der Waals surface area contributed by atoms with Gasteiger partial charge in [0.15, 0.2) is 0 Å². The Kier molecular flexibility index (Phi) is 9.83. The Labute approximate surface area is 270 Å². The maximum atomic E-state index is 13.4. The summed E-state index contributed by atoms with van der Waals surface area (Å²) in [6, 6.07) is 15.0. The van der Waals surface area contributed by atoms with Crippen LogP contribution in [0.3, 0.4) is 0 Å². The van der Waals surface area contributed by atoms with Crippen LogP contribution in [0.5, 0.6) is 17.2 Å². The predicted molar refractivity (Wildman–Crippen MR) is 173 cm³/mol. The van der Waals surface area contributed by atoms with Crippen molar-refractivity contribution in [2.24, 2.45) is 5.92 Å². The quantitative estimate of drug-likeness (QED) is 0.206. The number of benzene rings is 3. The molecular weight excluding hydrogens is 604 g/mol. The highest BCUT2D eigenvalue weighted by molar-refractivity contribution is 6.00. The van der Waals surface area contributed by atoms with Gasteiger partial charge in [0.2, 0.25) is 17.7 Å². The first kappa shape index (κ1) is 32.7. The molecule has 2 aliphatic rings. The van der Waals surface area contributed by atoms with Crippen LogP contribution in [-0.4, -0.2) is 63.2 Å². The molecule has 0 aliphatic carbocycles. The summed E-state index contributed by atoms with van der Waals surface area (Å²) >= 11 is 0. The Bertz CT molecular complexity index is 1870. The maximum Gasteiger partial charge on any atom is 0.274 e. The lowest BCUT2D eigenvalue weighted by Crippen LogP contribution is -2.57. The molecule has 3 heterocycles. The molecule has 6 rings (SSSR count). The summed E-state index contributed by atoms with van der Waals surface area (Å²) < 4.78 is 7.17. The van der Waals surface area contributed by atoms with Crippen molar-refractivity contribution in [1.29, 1.82) is 0 Å². The molecule has 0 radical (unpaired) electrons. The van der Waals surface area contributed by atoms with Crippen LogP contribution in [0.15, 0.2) is 77.7 Å². The SMILES string of the molecule is CC(C)[C@@H]1NC(=O)c2cc(ccc2O)Oc2ccc(cc2)C[C@@H](C(=O)NCCn2ncc3ccccc3c2=O)NC(=O)[C@H](C)NC1=O. The molecule has 0 saturated heterocycles. The fraction of sp³-hybridized carbons (Fsp3) is 0.294. The van der Waals surface area contributed by atoms with Gasteiger partial charge in [0.1, 0.15) is 35.4 Å². The van der Waals surface area contributed by atoms with Crippen molar-refractivity contribution in [3.8, 4) is 17.2 Å². The Hall–Kier alpha value is -5.72. The molecule has 5 N–H and O–H groups in total. The number of phenols is 1. The van der Waals surface area contributed by atoms with Gasteiger partial charge in [-0.25, -0.2) is 4.68 Å². The predicted octanol–water partition coefficient (Wildman–Crippen LogP) is 2.01. The monoisotopic (exact) mass is 640 g/mol. The number of amides is 4. The van der Waals surface area contributed by atoms with Gasteiger partial charge in [-0.1, -0.05) is 44.2 Å². The summed E-state index contributed by atoms with van der Waals surface area (Å²) in [7, 11) is 0. The minimum atomic E-state index is -1.07. The number of carbonyl (C=O) groups excluding carboxylic acids is 4. The zero-order valence-electron chi connectivity index (χ0n) is 26.2. The molecule has 3 atom stereocenters. The van der Waals surface area contributed by atoms with E-state index >= 15 is 0 Å². The number of fused-ring (bicyclic) bond motifs is 12. The number of nitrogens with one attached hydrogen (secondary N) is 4. The molecule has 47 heavy (non-hydrogen) atoms. The van der Waals surface area contributed by atoms with Gasteiger partial charge in [0, 0.05) is 18.4 Å². The van der Waals surface area contributed by atoms with E-state index < -0.39 is 41.8 Å². The maximum absolute atomic E-state index is 13.4. The summed E-state index contributed by atoms with van der Waals surface area (Å²) in [5, 5.41) is 26.5. The third-order valence-corrected chi connectivity index (χ3v) is 7.82. The number of aromatic hydroxyl groups is 1. The van der Waals surface area contributed by atoms with Crippen LogP contribution in [-0.2, 0) is 27.3 Å². The zero-order valence-corrected chi connectivity index (χ0v) is 26.2. The van der Waals surface area contributed by atoms with Crippen LogP contribution in [0, 0.1) is 5.92 Å². The first-order chi connectivity index (χ1) is 22.5. The van der Waals surface area contributed by atoms with E-state index in [1.807, 2.05) is 6.07 Å². The molecule has 244 valence electrons. The standard InChI is InChI=1S/C34H36N6O7/c1-19(2)29-33(45)37-20(3)30(42)38-27(32(44)35-14-15-40-34(46)25-7-5-4-6-22(25)18-36-40)16-21-8-10-23(11-9-21)47-24-12-13-28(41)26(17-24)31(43)39-29/h4-13,17-20,27,29,41H,14-16H2,1-3H3,(H,35,44)(H,37,45)(H,38,42)(H,39,43)/t20-,27-,29-/m0/s1. The van der Waals surface area contributed by atoms with E-state index in [1.54, 1.807) is 62.5 Å². The van der Waals surface area contributed by atoms with Crippen molar-refractivity contribution in [2.75, 3.05) is 6.54 Å². The minimum absolute atomic E-state index is 0.0693. The molecule has 13 heteroatoms. The molecule has 0 saturated carbocycles. The first-order valence-electron chi connectivity index (χ1n) is 15.2. The van der Waals surface area contributed by atoms with Crippen LogP contribution < -0.4 is 31.6 Å². The molecular formula is C34H36N6O7. The van der Waals surface area contributed by atoms with Gasteiger partial charge in [0.25, 0.3) is 11.5 Å². The van der Waals surface area contributed by atoms with Crippen LogP contribution in [0.1, 0.15) is 36.7 Å². The lowest BCUT2D eigenvalue weighted by molar-refractivity contribution is -0.132. The third-order valence-electron chi connectivity index (χ3n) is 7.82. The van der Waals surface area contributed by atoms with Crippen molar-refractivity contribution in [3.63, 3.8) is 0 Å². The average molecular weight is 641 g/mol. The summed E-state index contributed by atoms with van der Waals surface area (Å²) in [6.45, 7) is 5.10. The fourth-order valence-electron chi connectivity index (χ4n) is 5.15. The van der Waals surface area contributed by atoms with Crippen molar-refractivity contribution in [3.05, 3.63) is 94.4 Å². The summed E-state index contributed by atoms with van der Waals surface area (Å²) in [4.78, 5) is 65.9. The second-order valence-corrected chi connectivity index (χ2v) is 11.7. The number of ether oxygens (including phenoxy) is 1. The van der Waals surface area contributed by atoms with Gasteiger partial charge >= 0.3 is 0 Å². The number of rotatable bonds is 5. The van der Waals surface area contributed by atoms with E-state index in [2.05, 4.69) is 26.4 Å². The third kappa shape index (κ3) is 7.75. The van der Waals surface area contributed by atoms with Gasteiger partial charge < -0.3 is 31.1 Å². The van der Waals surface area contributed by atoms with Crippen molar-refractivity contribution >= 4 is 34.4 Å². The van der Waals surface area contributed by atoms with Crippen molar-refractivity contribution < 1.29 is 29.0 Å². The van der Waals surface area contributed by atoms with Crippen molar-refractivity contribution in [1.82, 2.24) is 31.0 Å². The number of hydrogen-bond donors (Lipinski definition) is 5. The molecule has 0 unspecified atom stereocenters. The zero-order chi connectivity index (χ0) is 33.7. The highest BCUT2D eigenvalue weighted by Crippen LogP contribution is 2.28. The molecule has 0 spiro atoms. The van der Waals surface area contributed by atoms with E-state index in [0.29, 0.717) is 22.1 Å². The average Bonchev–Trinajstić information content (AvgIpc) is 3.05. The smallest absolute Gasteiger partial charge is 0.274 e. The van der Waals surface area contributed by atoms with Crippen LogP contribution >= 0.6 is 0 Å². The summed E-state index contributed by atoms with van der Waals surface area (Å²) in [6.07, 6.45) is 1.70. The molecule has 13 nitrogen and oxygen atoms in total. The Balaban J connectivity index is 1.38. The van der Waals surface area contributed by atoms with E-state index in [1.165, 1.54) is 29.8 Å². The molecule has 4 aromatic rings. The minimum Gasteiger partial charge on any atom is -0.507 e. The molecule has 2 aliphatic heterocycles. The molecule has 1 aromatic heterocycles. The van der Waals surface area contributed by atoms with Crippen molar-refractivity contribution in [2.45, 2.75) is 51.9 Å². The van der Waals surface area contributed by atoms with Gasteiger partial charge in [-0.3, -0.25) is 24.0 Å². The van der Waals surface area contributed by atoms with Gasteiger partial charge in [-0.05, 0) is 54.8 Å². The summed E-state index contributed by atoms with van der Waals surface area (Å²) in [5.74, 6) is -2.39. The highest BCUT2D eigenvalue weighted by atomic mass is 16.5. The molecule has 0 fully saturated rings. The van der Waals surface area contributed by atoms with Crippen LogP contribution in [0.2, 0.25) is 0 Å². The van der Waals surface area contributed by atoms with Gasteiger partial charge in [0.05, 0.1) is 23.7 Å². The van der Waals surface area contributed by atoms with Crippen LogP contribution in [0.4, 0.5) is 0 Å². The molecule has 3 aromatic carbocycles. The number of hydrogen-bond acceptors (Lipinski definition) is 8. The lowest BCUT2D eigenvalue weighted by Gasteiger charge is -2.25. The molecule has 4 bridgehead atoms. The van der Waals surface area contributed by atoms with E-state index in [9.17, 15) is 29.1 Å². The Morgan fingerprint density at radius 2 is 1.70 bits per heavy atom. The van der Waals surface area contributed by atoms with E-state index in [0.717, 1.165) is 0 Å². The number of nitrogens with zero attached hydrogens (tertiary/aromatic N) is 2. The van der Waals surface area contributed by atoms with E-state index in [4.69, 9.17) is 4.74 Å². The van der Waals surface area contributed by atoms with E-state index in [-0.39, 0.29) is 48.0 Å². The Morgan fingerprint density at radius 3 is 2.45 bits per heavy atom. The normalized spacial score (nSPS) is 18.8. The van der Waals surface area contributed by atoms with Gasteiger partial charge in [-0.15, -0.1) is 0 Å². The topological polar surface area (TPSA) is 181 Å². The highest BCUT2D eigenvalue weighted by Gasteiger charge is 2.30. The second-order valence-electron chi connectivity index (χ2n) is 11.7. The largest absolute Gasteiger partial charge is 0.507 e. The second kappa shape index (κ2) is 14.1. The Morgan fingerprint density at radius 1 is 0.979 bits per heavy atom. The van der Waals surface area contributed by atoms with Gasteiger partial charge in [-0.2, -0.15) is 5.10 Å². The van der Waals surface area contributed by atoms with Crippen LogP contribution in [0.25, 0.3) is 10.8 Å². The fourth-order valence-corrected chi connectivity index (χ4v) is 5.15. The molecule has 4 amide bonds. The number of carbonyl (C=O) groups is 4. The number of phenolic OH excluding ortho intramolecular Hbond substituents is 1. The first-order valence-corrected chi connectivity index (χ1v) is 15.2.